The molecule has 0 aromatic heterocycles. The van der Waals surface area contributed by atoms with Crippen LogP contribution in [-0.2, 0) is 4.79 Å². The monoisotopic (exact) mass is 358 g/mol. The highest BCUT2D eigenvalue weighted by molar-refractivity contribution is 5.83. The van der Waals surface area contributed by atoms with Crippen LogP contribution in [0.1, 0.15) is 71.6 Å². The number of hydrogen-bond acceptors (Lipinski definition) is 3. The maximum Gasteiger partial charge on any atom is 0.161 e. The van der Waals surface area contributed by atoms with Crippen LogP contribution in [-0.4, -0.2) is 28.2 Å². The second kappa shape index (κ2) is 6.08. The Morgan fingerprint density at radius 2 is 1.77 bits per heavy atom. The Hall–Kier alpha value is -0.850. The fourth-order valence-electron chi connectivity index (χ4n) is 8.02. The van der Waals surface area contributed by atoms with E-state index in [4.69, 9.17) is 6.42 Å². The molecular formula is C23H34O3. The average molecular weight is 359 g/mol. The Morgan fingerprint density at radius 3 is 2.46 bits per heavy atom. The Kier molecular flexibility index (Phi) is 4.33. The third-order valence-electron chi connectivity index (χ3n) is 9.54. The minimum absolute atomic E-state index is 0.0573. The molecule has 0 heterocycles. The lowest BCUT2D eigenvalue weighted by molar-refractivity contribution is -0.146. The molecule has 8 atom stereocenters. The molecule has 3 heteroatoms. The third kappa shape index (κ3) is 2.45. The molecule has 1 unspecified atom stereocenters. The van der Waals surface area contributed by atoms with Gasteiger partial charge in [0, 0.05) is 5.92 Å². The molecule has 0 aromatic rings. The highest BCUT2D eigenvalue weighted by Gasteiger charge is 2.61. The number of carbonyl (C=O) groups excluding carboxylic acids is 1. The molecule has 4 aliphatic carbocycles. The maximum absolute atomic E-state index is 12.3. The van der Waals surface area contributed by atoms with Crippen LogP contribution in [0, 0.1) is 52.8 Å². The van der Waals surface area contributed by atoms with E-state index in [0.717, 1.165) is 44.9 Å². The van der Waals surface area contributed by atoms with Gasteiger partial charge in [-0.25, -0.2) is 0 Å². The quantitative estimate of drug-likeness (QED) is 0.742. The average Bonchev–Trinajstić information content (AvgIpc) is 2.99. The van der Waals surface area contributed by atoms with Gasteiger partial charge in [-0.15, -0.1) is 6.42 Å². The smallest absolute Gasteiger partial charge is 0.161 e. The van der Waals surface area contributed by atoms with Gasteiger partial charge in [0.05, 0.1) is 0 Å². The summed E-state index contributed by atoms with van der Waals surface area (Å²) in [5.41, 5.74) is -0.531. The topological polar surface area (TPSA) is 57.5 Å². The number of aliphatic hydroxyl groups excluding tert-OH is 1. The van der Waals surface area contributed by atoms with Crippen molar-refractivity contribution in [1.29, 1.82) is 0 Å². The minimum atomic E-state index is -0.897. The number of Topliss-reactive ketones (excluding diaryl/α,β-unsaturated/α-hetero) is 1. The fourth-order valence-corrected chi connectivity index (χ4v) is 8.02. The molecule has 4 rings (SSSR count). The highest BCUT2D eigenvalue weighted by atomic mass is 16.3. The van der Waals surface area contributed by atoms with E-state index in [1.165, 1.54) is 12.8 Å². The van der Waals surface area contributed by atoms with Crippen LogP contribution in [0.2, 0.25) is 0 Å². The van der Waals surface area contributed by atoms with Crippen molar-refractivity contribution in [2.45, 2.75) is 77.2 Å². The van der Waals surface area contributed by atoms with Crippen molar-refractivity contribution in [2.24, 2.45) is 40.4 Å². The van der Waals surface area contributed by atoms with E-state index in [1.807, 2.05) is 0 Å². The Labute approximate surface area is 157 Å². The number of aliphatic hydroxyl groups is 2. The maximum atomic E-state index is 12.3. The van der Waals surface area contributed by atoms with Crippen LogP contribution < -0.4 is 0 Å². The molecule has 3 nitrogen and oxygen atoms in total. The molecule has 0 aromatic carbocycles. The summed E-state index contributed by atoms with van der Waals surface area (Å²) >= 11 is 0. The summed E-state index contributed by atoms with van der Waals surface area (Å²) in [5, 5.41) is 20.1. The summed E-state index contributed by atoms with van der Waals surface area (Å²) in [6.07, 6.45) is 14.9. The van der Waals surface area contributed by atoms with E-state index in [-0.39, 0.29) is 29.1 Å². The SMILES string of the molecule is C#C[C@@]1(O)CC[C@@]2(C)C(CC[C@H]3[C@@H]4CC[C@H](C(=O)CO)[C@@]4(C)CC[C@@H]32)C1. The van der Waals surface area contributed by atoms with Crippen LogP contribution in [0.3, 0.4) is 0 Å². The first-order valence-electron chi connectivity index (χ1n) is 10.6. The summed E-state index contributed by atoms with van der Waals surface area (Å²) in [6, 6.07) is 0. The molecule has 4 aliphatic rings. The molecule has 26 heavy (non-hydrogen) atoms. The molecule has 2 N–H and O–H groups in total. The van der Waals surface area contributed by atoms with Gasteiger partial charge in [0.25, 0.3) is 0 Å². The normalized spacial score (nSPS) is 53.1. The summed E-state index contributed by atoms with van der Waals surface area (Å²) in [6.45, 7) is 4.48. The van der Waals surface area contributed by atoms with E-state index in [1.54, 1.807) is 0 Å². The highest BCUT2D eigenvalue weighted by Crippen LogP contribution is 2.68. The zero-order valence-corrected chi connectivity index (χ0v) is 16.3. The molecule has 4 fully saturated rings. The standard InChI is InChI=1S/C23H34O3/c1-4-23(26)12-11-21(2)15(13-23)5-6-16-17-7-8-19(20(25)14-24)22(17,3)10-9-18(16)21/h1,15-19,24,26H,5-14H2,2-3H3/t15?,16-,17-,18-,19+,21-,22-,23+/m0/s1. The molecule has 0 radical (unpaired) electrons. The zero-order valence-electron chi connectivity index (χ0n) is 16.3. The van der Waals surface area contributed by atoms with Crippen molar-refractivity contribution in [3.63, 3.8) is 0 Å². The third-order valence-corrected chi connectivity index (χ3v) is 9.54. The number of fused-ring (bicyclic) bond motifs is 5. The van der Waals surface area contributed by atoms with Gasteiger partial charge in [-0.05, 0) is 92.3 Å². The number of carbonyl (C=O) groups is 1. The van der Waals surface area contributed by atoms with E-state index in [2.05, 4.69) is 19.8 Å². The Morgan fingerprint density at radius 1 is 1.04 bits per heavy atom. The second-order valence-electron chi connectivity index (χ2n) is 10.3. The molecule has 0 bridgehead atoms. The fraction of sp³-hybridized carbons (Fsp3) is 0.870. The van der Waals surface area contributed by atoms with Gasteiger partial charge in [0.15, 0.2) is 5.78 Å². The first-order valence-corrected chi connectivity index (χ1v) is 10.6. The van der Waals surface area contributed by atoms with Crippen LogP contribution in [0.15, 0.2) is 0 Å². The van der Waals surface area contributed by atoms with Gasteiger partial charge in [0.1, 0.15) is 12.2 Å². The van der Waals surface area contributed by atoms with Gasteiger partial charge >= 0.3 is 0 Å². The number of ketones is 1. The minimum Gasteiger partial charge on any atom is -0.389 e. The molecule has 0 saturated heterocycles. The molecule has 0 aliphatic heterocycles. The Balaban J connectivity index is 1.59. The molecule has 0 amide bonds. The summed E-state index contributed by atoms with van der Waals surface area (Å²) in [5.74, 6) is 5.32. The van der Waals surface area contributed by atoms with Crippen LogP contribution in [0.25, 0.3) is 0 Å². The molecule has 144 valence electrons. The van der Waals surface area contributed by atoms with Gasteiger partial charge in [0.2, 0.25) is 0 Å². The zero-order chi connectivity index (χ0) is 18.7. The number of terminal acetylenes is 1. The van der Waals surface area contributed by atoms with E-state index >= 15 is 0 Å². The van der Waals surface area contributed by atoms with E-state index in [0.29, 0.717) is 23.7 Å². The predicted molar refractivity (Wildman–Crippen MR) is 101 cm³/mol. The Bertz CT molecular complexity index is 636. The van der Waals surface area contributed by atoms with Crippen LogP contribution >= 0.6 is 0 Å². The molecule has 4 saturated carbocycles. The van der Waals surface area contributed by atoms with Crippen molar-refractivity contribution < 1.29 is 15.0 Å². The van der Waals surface area contributed by atoms with Gasteiger partial charge in [-0.2, -0.15) is 0 Å². The van der Waals surface area contributed by atoms with Crippen LogP contribution in [0.4, 0.5) is 0 Å². The van der Waals surface area contributed by atoms with Crippen molar-refractivity contribution in [3.8, 4) is 12.3 Å². The van der Waals surface area contributed by atoms with E-state index in [9.17, 15) is 15.0 Å². The lowest BCUT2D eigenvalue weighted by atomic mass is 9.44. The first kappa shape index (κ1) is 18.5. The lowest BCUT2D eigenvalue weighted by Crippen LogP contribution is -2.56. The van der Waals surface area contributed by atoms with Crippen molar-refractivity contribution >= 4 is 5.78 Å². The van der Waals surface area contributed by atoms with E-state index < -0.39 is 5.60 Å². The first-order chi connectivity index (χ1) is 12.3. The van der Waals surface area contributed by atoms with Gasteiger partial charge < -0.3 is 10.2 Å². The molecular weight excluding hydrogens is 324 g/mol. The number of hydrogen-bond donors (Lipinski definition) is 2. The summed E-state index contributed by atoms with van der Waals surface area (Å²) in [7, 11) is 0. The van der Waals surface area contributed by atoms with Crippen molar-refractivity contribution in [1.82, 2.24) is 0 Å². The summed E-state index contributed by atoms with van der Waals surface area (Å²) < 4.78 is 0. The van der Waals surface area contributed by atoms with Gasteiger partial charge in [-0.1, -0.05) is 19.8 Å². The lowest BCUT2D eigenvalue weighted by Gasteiger charge is -2.61. The predicted octanol–water partition coefficient (Wildman–Crippen LogP) is 3.57. The van der Waals surface area contributed by atoms with Crippen LogP contribution in [0.5, 0.6) is 0 Å². The summed E-state index contributed by atoms with van der Waals surface area (Å²) in [4.78, 5) is 12.3. The number of rotatable bonds is 2. The van der Waals surface area contributed by atoms with Crippen molar-refractivity contribution in [2.75, 3.05) is 6.61 Å². The molecule has 0 spiro atoms. The van der Waals surface area contributed by atoms with Gasteiger partial charge in [-0.3, -0.25) is 4.79 Å². The largest absolute Gasteiger partial charge is 0.389 e. The second-order valence-corrected chi connectivity index (χ2v) is 10.3. The van der Waals surface area contributed by atoms with Crippen molar-refractivity contribution in [3.05, 3.63) is 0 Å².